The van der Waals surface area contributed by atoms with Crippen LogP contribution in [-0.4, -0.2) is 34.2 Å². The molecule has 0 aliphatic heterocycles. The van der Waals surface area contributed by atoms with Crippen molar-refractivity contribution in [3.8, 4) is 0 Å². The van der Waals surface area contributed by atoms with Gasteiger partial charge in [-0.15, -0.1) is 0 Å². The molecule has 1 N–H and O–H groups in total. The summed E-state index contributed by atoms with van der Waals surface area (Å²) < 4.78 is 4.12. The average Bonchev–Trinajstić information content (AvgIpc) is 3.00. The van der Waals surface area contributed by atoms with E-state index >= 15 is 0 Å². The van der Waals surface area contributed by atoms with Gasteiger partial charge in [-0.25, -0.2) is 0 Å². The molecule has 1 atom stereocenters. The maximum Gasteiger partial charge on any atom is 0.254 e. The molecule has 23 heavy (non-hydrogen) atoms. The lowest BCUT2D eigenvalue weighted by Crippen LogP contribution is -2.43. The van der Waals surface area contributed by atoms with Crippen LogP contribution in [0.5, 0.6) is 0 Å². The van der Waals surface area contributed by atoms with Gasteiger partial charge in [0, 0.05) is 18.5 Å². The van der Waals surface area contributed by atoms with Crippen LogP contribution in [0, 0.1) is 6.92 Å². The van der Waals surface area contributed by atoms with Gasteiger partial charge in [0.2, 0.25) is 5.91 Å². The Morgan fingerprint density at radius 2 is 1.87 bits per heavy atom. The van der Waals surface area contributed by atoms with E-state index in [4.69, 9.17) is 0 Å². The zero-order valence-corrected chi connectivity index (χ0v) is 14.4. The number of carbonyl (C=O) groups excluding carboxylic acids is 2. The van der Waals surface area contributed by atoms with Crippen molar-refractivity contribution < 1.29 is 9.59 Å². The fourth-order valence-corrected chi connectivity index (χ4v) is 3.06. The van der Waals surface area contributed by atoms with Gasteiger partial charge >= 0.3 is 0 Å². The van der Waals surface area contributed by atoms with E-state index < -0.39 is 6.04 Å². The third-order valence-electron chi connectivity index (χ3n) is 3.73. The van der Waals surface area contributed by atoms with Crippen molar-refractivity contribution >= 4 is 23.3 Å². The lowest BCUT2D eigenvalue weighted by Gasteiger charge is -2.26. The van der Waals surface area contributed by atoms with Crippen LogP contribution in [0.25, 0.3) is 0 Å². The summed E-state index contributed by atoms with van der Waals surface area (Å²) in [4.78, 5) is 27.0. The highest BCUT2D eigenvalue weighted by molar-refractivity contribution is 7.03. The number of aryl methyl sites for hydroxylation is 1. The molecule has 0 aliphatic carbocycles. The predicted molar refractivity (Wildman–Crippen MR) is 91.4 cm³/mol. The summed E-state index contributed by atoms with van der Waals surface area (Å²) in [6, 6.07) is 8.62. The number of hydrogen-bond donors (Lipinski definition) is 1. The number of benzene rings is 1. The molecule has 0 saturated carbocycles. The first kappa shape index (κ1) is 17.1. The topological polar surface area (TPSA) is 62.3 Å². The summed E-state index contributed by atoms with van der Waals surface area (Å²) in [6.07, 6.45) is 0. The molecule has 0 spiro atoms. The molecule has 122 valence electrons. The molecule has 5 nitrogen and oxygen atoms in total. The Bertz CT molecular complexity index is 665. The molecule has 0 radical (unpaired) electrons. The van der Waals surface area contributed by atoms with E-state index in [9.17, 15) is 9.59 Å². The van der Waals surface area contributed by atoms with E-state index in [1.807, 2.05) is 44.2 Å². The van der Waals surface area contributed by atoms with E-state index in [2.05, 4.69) is 9.69 Å². The second-order valence-corrected chi connectivity index (χ2v) is 5.77. The molecule has 1 aromatic heterocycles. The third kappa shape index (κ3) is 3.96. The quantitative estimate of drug-likeness (QED) is 0.885. The van der Waals surface area contributed by atoms with Crippen LogP contribution in [0.3, 0.4) is 0 Å². The minimum atomic E-state index is -0.692. The third-order valence-corrected chi connectivity index (χ3v) is 4.45. The molecule has 6 heteroatoms. The predicted octanol–water partition coefficient (Wildman–Crippen LogP) is 2.79. The second kappa shape index (κ2) is 7.87. The van der Waals surface area contributed by atoms with E-state index in [-0.39, 0.29) is 11.8 Å². The van der Waals surface area contributed by atoms with Crippen molar-refractivity contribution in [3.05, 3.63) is 52.5 Å². The maximum absolute atomic E-state index is 12.8. The molecule has 0 unspecified atom stereocenters. The molecule has 2 aromatic rings. The molecular weight excluding hydrogens is 310 g/mol. The molecule has 0 bridgehead atoms. The first-order valence-electron chi connectivity index (χ1n) is 7.64. The van der Waals surface area contributed by atoms with Crippen LogP contribution < -0.4 is 5.32 Å². The van der Waals surface area contributed by atoms with Gasteiger partial charge in [-0.3, -0.25) is 9.59 Å². The molecule has 2 amide bonds. The molecule has 1 aromatic carbocycles. The van der Waals surface area contributed by atoms with Crippen molar-refractivity contribution in [2.24, 2.45) is 0 Å². The van der Waals surface area contributed by atoms with Crippen LogP contribution >= 0.6 is 11.5 Å². The summed E-state index contributed by atoms with van der Waals surface area (Å²) in [5.74, 6) is -0.374. The van der Waals surface area contributed by atoms with Crippen LogP contribution in [-0.2, 0) is 4.79 Å². The van der Waals surface area contributed by atoms with E-state index in [0.29, 0.717) is 24.3 Å². The highest BCUT2D eigenvalue weighted by Gasteiger charge is 2.27. The summed E-state index contributed by atoms with van der Waals surface area (Å²) in [5.41, 5.74) is 1.97. The first-order chi connectivity index (χ1) is 11.1. The zero-order chi connectivity index (χ0) is 16.8. The Kier molecular flexibility index (Phi) is 5.87. The minimum Gasteiger partial charge on any atom is -0.341 e. The Balaban J connectivity index is 2.29. The summed E-state index contributed by atoms with van der Waals surface area (Å²) in [6.45, 7) is 6.85. The van der Waals surface area contributed by atoms with E-state index in [1.54, 1.807) is 17.2 Å². The number of hydrogen-bond acceptors (Lipinski definition) is 4. The standard InChI is InChI=1S/C17H21N3O2S/c1-4-20(5-2)17(22)15(13-9-7-6-8-10-13)18-16(21)14-11-23-19-12(14)3/h6-11,15H,4-5H2,1-3H3,(H,18,21)/t15-/m0/s1. The molecule has 0 saturated heterocycles. The summed E-state index contributed by atoms with van der Waals surface area (Å²) in [7, 11) is 0. The van der Waals surface area contributed by atoms with Crippen molar-refractivity contribution in [3.63, 3.8) is 0 Å². The van der Waals surface area contributed by atoms with Crippen LogP contribution in [0.1, 0.15) is 41.5 Å². The fourth-order valence-electron chi connectivity index (χ4n) is 2.37. The van der Waals surface area contributed by atoms with Gasteiger partial charge < -0.3 is 10.2 Å². The lowest BCUT2D eigenvalue weighted by atomic mass is 10.0. The molecule has 0 fully saturated rings. The van der Waals surface area contributed by atoms with Gasteiger partial charge in [0.15, 0.2) is 0 Å². The SMILES string of the molecule is CCN(CC)C(=O)[C@@H](NC(=O)c1csnc1C)c1ccccc1. The Labute approximate surface area is 140 Å². The number of likely N-dealkylation sites (N-methyl/N-ethyl adjacent to an activating group) is 1. The van der Waals surface area contributed by atoms with Gasteiger partial charge in [0.1, 0.15) is 6.04 Å². The van der Waals surface area contributed by atoms with Gasteiger partial charge in [0.05, 0.1) is 11.3 Å². The van der Waals surface area contributed by atoms with Crippen molar-refractivity contribution in [2.45, 2.75) is 26.8 Å². The Morgan fingerprint density at radius 3 is 2.39 bits per heavy atom. The molecular formula is C17H21N3O2S. The van der Waals surface area contributed by atoms with Crippen LogP contribution in [0.4, 0.5) is 0 Å². The monoisotopic (exact) mass is 331 g/mol. The highest BCUT2D eigenvalue weighted by atomic mass is 32.1. The number of nitrogens with one attached hydrogen (secondary N) is 1. The summed E-state index contributed by atoms with van der Waals surface area (Å²) in [5, 5.41) is 4.56. The largest absolute Gasteiger partial charge is 0.341 e. The van der Waals surface area contributed by atoms with Gasteiger partial charge in [-0.2, -0.15) is 4.37 Å². The van der Waals surface area contributed by atoms with Crippen LogP contribution in [0.2, 0.25) is 0 Å². The number of aromatic nitrogens is 1. The number of rotatable bonds is 6. The first-order valence-corrected chi connectivity index (χ1v) is 8.47. The van der Waals surface area contributed by atoms with Crippen molar-refractivity contribution in [1.82, 2.24) is 14.6 Å². The Morgan fingerprint density at radius 1 is 1.22 bits per heavy atom. The Hall–Kier alpha value is -2.21. The lowest BCUT2D eigenvalue weighted by molar-refractivity contribution is -0.133. The average molecular weight is 331 g/mol. The van der Waals surface area contributed by atoms with E-state index in [0.717, 1.165) is 5.56 Å². The summed E-state index contributed by atoms with van der Waals surface area (Å²) >= 11 is 1.23. The molecule has 0 aliphatic rings. The van der Waals surface area contributed by atoms with Gasteiger partial charge in [0.25, 0.3) is 5.91 Å². The van der Waals surface area contributed by atoms with Crippen LogP contribution in [0.15, 0.2) is 35.7 Å². The second-order valence-electron chi connectivity index (χ2n) is 5.14. The minimum absolute atomic E-state index is 0.101. The molecule has 2 rings (SSSR count). The number of amides is 2. The van der Waals surface area contributed by atoms with Gasteiger partial charge in [-0.1, -0.05) is 30.3 Å². The molecule has 1 heterocycles. The normalized spacial score (nSPS) is 11.8. The smallest absolute Gasteiger partial charge is 0.254 e. The zero-order valence-electron chi connectivity index (χ0n) is 13.6. The van der Waals surface area contributed by atoms with Crippen molar-refractivity contribution in [1.29, 1.82) is 0 Å². The van der Waals surface area contributed by atoms with Crippen molar-refractivity contribution in [2.75, 3.05) is 13.1 Å². The fraction of sp³-hybridized carbons (Fsp3) is 0.353. The maximum atomic E-state index is 12.8. The van der Waals surface area contributed by atoms with Gasteiger partial charge in [-0.05, 0) is 37.9 Å². The van der Waals surface area contributed by atoms with E-state index in [1.165, 1.54) is 11.5 Å². The highest BCUT2D eigenvalue weighted by Crippen LogP contribution is 2.18. The number of nitrogens with zero attached hydrogens (tertiary/aromatic N) is 2. The number of carbonyl (C=O) groups is 2.